The van der Waals surface area contributed by atoms with Gasteiger partial charge in [-0.15, -0.1) is 11.8 Å². The lowest BCUT2D eigenvalue weighted by Gasteiger charge is -2.18. The fourth-order valence-corrected chi connectivity index (χ4v) is 4.80. The summed E-state index contributed by atoms with van der Waals surface area (Å²) in [6.07, 6.45) is 0. The van der Waals surface area contributed by atoms with E-state index in [0.29, 0.717) is 5.82 Å². The van der Waals surface area contributed by atoms with Crippen molar-refractivity contribution in [2.75, 3.05) is 19.5 Å². The molecule has 4 rings (SSSR count). The van der Waals surface area contributed by atoms with Crippen LogP contribution in [0.1, 0.15) is 29.0 Å². The van der Waals surface area contributed by atoms with Crippen molar-refractivity contribution in [3.05, 3.63) is 65.4 Å². The second kappa shape index (κ2) is 7.83. The fourth-order valence-electron chi connectivity index (χ4n) is 3.49. The molecule has 0 spiro atoms. The van der Waals surface area contributed by atoms with Crippen LogP contribution in [0.2, 0.25) is 0 Å². The molecule has 1 aromatic heterocycles. The van der Waals surface area contributed by atoms with Crippen LogP contribution in [0.4, 0.5) is 5.82 Å². The number of nitrogens with one attached hydrogen (secondary N) is 1. The minimum atomic E-state index is -0.206. The van der Waals surface area contributed by atoms with Crippen LogP contribution in [0.15, 0.2) is 48.5 Å². The van der Waals surface area contributed by atoms with Crippen molar-refractivity contribution in [1.29, 1.82) is 0 Å². The average molecular weight is 410 g/mol. The zero-order valence-corrected chi connectivity index (χ0v) is 17.6. The first kappa shape index (κ1) is 19.4. The van der Waals surface area contributed by atoms with Crippen LogP contribution in [-0.2, 0) is 4.79 Å². The zero-order chi connectivity index (χ0) is 20.5. The number of fused-ring (bicyclic) bond motifs is 1. The normalized spacial score (nSPS) is 18.6. The monoisotopic (exact) mass is 409 g/mol. The molecule has 6 nitrogen and oxygen atoms in total. The Morgan fingerprint density at radius 3 is 2.48 bits per heavy atom. The highest BCUT2D eigenvalue weighted by atomic mass is 32.2. The molecule has 3 aromatic rings. The van der Waals surface area contributed by atoms with E-state index in [0.717, 1.165) is 34.0 Å². The maximum atomic E-state index is 12.8. The molecule has 0 unspecified atom stereocenters. The smallest absolute Gasteiger partial charge is 0.238 e. The summed E-state index contributed by atoms with van der Waals surface area (Å²) in [5.74, 6) is 2.24. The van der Waals surface area contributed by atoms with E-state index < -0.39 is 0 Å². The van der Waals surface area contributed by atoms with E-state index in [2.05, 4.69) is 11.4 Å². The predicted octanol–water partition coefficient (Wildman–Crippen LogP) is 4.36. The lowest BCUT2D eigenvalue weighted by molar-refractivity contribution is -0.115. The molecule has 1 amide bonds. The molecule has 0 bridgehead atoms. The first-order valence-corrected chi connectivity index (χ1v) is 10.3. The van der Waals surface area contributed by atoms with Gasteiger partial charge in [-0.2, -0.15) is 5.10 Å². The number of carbonyl (C=O) groups is 1. The molecule has 0 fully saturated rings. The number of hydrogen-bond donors (Lipinski definition) is 1. The molecule has 2 atom stereocenters. The van der Waals surface area contributed by atoms with Gasteiger partial charge >= 0.3 is 0 Å². The summed E-state index contributed by atoms with van der Waals surface area (Å²) in [7, 11) is 3.29. The van der Waals surface area contributed by atoms with Gasteiger partial charge < -0.3 is 14.8 Å². The number of ether oxygens (including phenoxy) is 2. The zero-order valence-electron chi connectivity index (χ0n) is 16.8. The Balaban J connectivity index is 1.87. The summed E-state index contributed by atoms with van der Waals surface area (Å²) in [4.78, 5) is 12.8. The number of anilines is 1. The number of benzene rings is 2. The third-order valence-corrected chi connectivity index (χ3v) is 6.44. The highest BCUT2D eigenvalue weighted by molar-refractivity contribution is 8.01. The quantitative estimate of drug-likeness (QED) is 0.694. The van der Waals surface area contributed by atoms with E-state index in [-0.39, 0.29) is 16.4 Å². The number of methoxy groups -OCH3 is 2. The Bertz CT molecular complexity index is 1050. The molecule has 0 saturated heterocycles. The summed E-state index contributed by atoms with van der Waals surface area (Å²) in [5.41, 5.74) is 3.83. The van der Waals surface area contributed by atoms with Gasteiger partial charge in [0.2, 0.25) is 5.91 Å². The largest absolute Gasteiger partial charge is 0.497 e. The number of aryl methyl sites for hydroxylation is 1. The molecule has 0 saturated carbocycles. The van der Waals surface area contributed by atoms with E-state index in [9.17, 15) is 4.79 Å². The Hall–Kier alpha value is -2.93. The van der Waals surface area contributed by atoms with Crippen LogP contribution in [0.25, 0.3) is 5.69 Å². The third-order valence-electron chi connectivity index (χ3n) is 5.03. The Labute approximate surface area is 174 Å². The summed E-state index contributed by atoms with van der Waals surface area (Å²) < 4.78 is 12.5. The van der Waals surface area contributed by atoms with Crippen molar-refractivity contribution in [3.8, 4) is 17.2 Å². The highest BCUT2D eigenvalue weighted by Gasteiger charge is 2.34. The van der Waals surface area contributed by atoms with Crippen LogP contribution in [-0.4, -0.2) is 35.2 Å². The SMILES string of the molecule is COc1ccc(-n2nc(C)c3c2NC(=O)[C@@H](C)S[C@@H]3c2cccc(OC)c2)cc1. The molecule has 29 heavy (non-hydrogen) atoms. The van der Waals surface area contributed by atoms with E-state index in [1.54, 1.807) is 30.7 Å². The van der Waals surface area contributed by atoms with Crippen LogP contribution < -0.4 is 14.8 Å². The number of amides is 1. The first-order valence-electron chi connectivity index (χ1n) is 9.36. The molecular formula is C22H23N3O3S. The van der Waals surface area contributed by atoms with Crippen molar-refractivity contribution in [1.82, 2.24) is 9.78 Å². The predicted molar refractivity (Wildman–Crippen MR) is 115 cm³/mol. The molecule has 2 aromatic carbocycles. The van der Waals surface area contributed by atoms with Crippen LogP contribution >= 0.6 is 11.8 Å². The van der Waals surface area contributed by atoms with Gasteiger partial charge in [-0.25, -0.2) is 4.68 Å². The van der Waals surface area contributed by atoms with E-state index in [4.69, 9.17) is 14.6 Å². The van der Waals surface area contributed by atoms with Gasteiger partial charge in [0.05, 0.1) is 36.1 Å². The molecule has 7 heteroatoms. The number of carbonyl (C=O) groups excluding carboxylic acids is 1. The highest BCUT2D eigenvalue weighted by Crippen LogP contribution is 2.46. The molecule has 2 heterocycles. The second-order valence-corrected chi connectivity index (χ2v) is 8.33. The van der Waals surface area contributed by atoms with E-state index in [1.807, 2.05) is 56.3 Å². The van der Waals surface area contributed by atoms with Crippen LogP contribution in [0.3, 0.4) is 0 Å². The fraction of sp³-hybridized carbons (Fsp3) is 0.273. The van der Waals surface area contributed by atoms with Crippen molar-refractivity contribution in [3.63, 3.8) is 0 Å². The second-order valence-electron chi connectivity index (χ2n) is 6.88. The molecule has 1 aliphatic heterocycles. The Morgan fingerprint density at radius 1 is 1.07 bits per heavy atom. The molecule has 1 N–H and O–H groups in total. The first-order chi connectivity index (χ1) is 14.0. The van der Waals surface area contributed by atoms with Crippen LogP contribution in [0, 0.1) is 6.92 Å². The maximum Gasteiger partial charge on any atom is 0.238 e. The van der Waals surface area contributed by atoms with Gasteiger partial charge in [0, 0.05) is 5.56 Å². The molecular weight excluding hydrogens is 386 g/mol. The summed E-state index contributed by atoms with van der Waals surface area (Å²) in [5, 5.41) is 7.60. The Morgan fingerprint density at radius 2 is 1.79 bits per heavy atom. The minimum absolute atomic E-state index is 0.0312. The van der Waals surface area contributed by atoms with Gasteiger partial charge in [-0.3, -0.25) is 4.79 Å². The standard InChI is InChI=1S/C22H23N3O3S/c1-13-19-20(15-6-5-7-18(12-15)28-4)29-14(2)22(26)23-21(19)25(24-13)16-8-10-17(27-3)11-9-16/h5-12,14,20H,1-4H3,(H,23,26)/t14-,20-/m1/s1. The van der Waals surface area contributed by atoms with Gasteiger partial charge in [-0.1, -0.05) is 12.1 Å². The topological polar surface area (TPSA) is 65.4 Å². The number of hydrogen-bond acceptors (Lipinski definition) is 5. The van der Waals surface area contributed by atoms with Gasteiger partial charge in [-0.05, 0) is 55.8 Å². The molecule has 1 aliphatic rings. The number of aromatic nitrogens is 2. The van der Waals surface area contributed by atoms with Gasteiger partial charge in [0.1, 0.15) is 17.3 Å². The number of thioether (sulfide) groups is 1. The Kier molecular flexibility index (Phi) is 5.24. The van der Waals surface area contributed by atoms with Gasteiger partial charge in [0.25, 0.3) is 0 Å². The van der Waals surface area contributed by atoms with Crippen LogP contribution in [0.5, 0.6) is 11.5 Å². The molecule has 150 valence electrons. The summed E-state index contributed by atoms with van der Waals surface area (Å²) >= 11 is 1.62. The van der Waals surface area contributed by atoms with Crippen molar-refractivity contribution >= 4 is 23.5 Å². The molecule has 0 aliphatic carbocycles. The third kappa shape index (κ3) is 3.58. The van der Waals surface area contributed by atoms with Crippen molar-refractivity contribution in [2.45, 2.75) is 24.3 Å². The minimum Gasteiger partial charge on any atom is -0.497 e. The lowest BCUT2D eigenvalue weighted by Crippen LogP contribution is -2.22. The average Bonchev–Trinajstić information content (AvgIpc) is 2.99. The molecule has 0 radical (unpaired) electrons. The van der Waals surface area contributed by atoms with E-state index in [1.165, 1.54) is 0 Å². The van der Waals surface area contributed by atoms with Gasteiger partial charge in [0.15, 0.2) is 0 Å². The van der Waals surface area contributed by atoms with Crippen molar-refractivity contribution in [2.24, 2.45) is 0 Å². The van der Waals surface area contributed by atoms with Crippen molar-refractivity contribution < 1.29 is 14.3 Å². The van der Waals surface area contributed by atoms with E-state index >= 15 is 0 Å². The summed E-state index contributed by atoms with van der Waals surface area (Å²) in [6, 6.07) is 15.6. The maximum absolute atomic E-state index is 12.8. The number of nitrogens with zero attached hydrogens (tertiary/aromatic N) is 2. The summed E-state index contributed by atoms with van der Waals surface area (Å²) in [6.45, 7) is 3.91. The number of rotatable bonds is 4. The lowest BCUT2D eigenvalue weighted by atomic mass is 10.0.